The van der Waals surface area contributed by atoms with Gasteiger partial charge < -0.3 is 14.7 Å². The molecule has 13 heteroatoms. The zero-order valence-corrected chi connectivity index (χ0v) is 81.1. The van der Waals surface area contributed by atoms with Crippen LogP contribution in [0.25, 0.3) is 0 Å². The largest absolute Gasteiger partial charge is 0.345 e. The van der Waals surface area contributed by atoms with Gasteiger partial charge in [0.1, 0.15) is 29.0 Å². The van der Waals surface area contributed by atoms with Crippen molar-refractivity contribution < 1.29 is 46.7 Å². The van der Waals surface area contributed by atoms with Crippen molar-refractivity contribution >= 4 is 40.9 Å². The molecule has 0 heterocycles. The van der Waals surface area contributed by atoms with Gasteiger partial charge in [-0.25, -0.2) is 13.2 Å². The molecule has 7 rings (SSSR count). The van der Waals surface area contributed by atoms with Crippen molar-refractivity contribution in [2.45, 2.75) is 309 Å². The molecule has 0 aromatic heterocycles. The minimum absolute atomic E-state index is 0.0388. The Morgan fingerprint density at radius 1 is 0.264 bits per heavy atom. The third-order valence-corrected chi connectivity index (χ3v) is 19.8. The zero-order valence-electron chi connectivity index (χ0n) is 81.1. The zero-order chi connectivity index (χ0) is 92.6. The summed E-state index contributed by atoms with van der Waals surface area (Å²) in [5, 5.41) is 0. The van der Waals surface area contributed by atoms with Crippen LogP contribution in [0, 0.1) is 104 Å². The molecule has 0 aliphatic rings. The van der Waals surface area contributed by atoms with Gasteiger partial charge in [0.25, 0.3) is 11.8 Å². The highest BCUT2D eigenvalue weighted by Gasteiger charge is 2.22. The Bertz CT molecular complexity index is 4270. The first kappa shape index (κ1) is 110. The van der Waals surface area contributed by atoms with Gasteiger partial charge in [0, 0.05) is 102 Å². The quantitative estimate of drug-likeness (QED) is 0.0447. The highest BCUT2D eigenvalue weighted by molar-refractivity contribution is 5.97. The Morgan fingerprint density at radius 3 is 0.901 bits per heavy atom. The molecular weight excluding hydrogens is 1510 g/mol. The van der Waals surface area contributed by atoms with E-state index in [1.54, 1.807) is 42.8 Å². The lowest BCUT2D eigenvalue weighted by atomic mass is 9.89. The van der Waals surface area contributed by atoms with E-state index in [4.69, 9.17) is 0 Å². The van der Waals surface area contributed by atoms with E-state index in [0.29, 0.717) is 79.2 Å². The number of Topliss-reactive ketones (excluding diaryl/α,β-unsaturated/α-hetero) is 4. The molecule has 7 aromatic carbocycles. The van der Waals surface area contributed by atoms with Crippen LogP contribution in [0.1, 0.15) is 339 Å². The average molecular weight is 1670 g/mol. The normalized spacial score (nSPS) is 11.5. The summed E-state index contributed by atoms with van der Waals surface area (Å²) < 4.78 is 39.6. The Labute approximate surface area is 733 Å². The maximum Gasteiger partial charge on any atom is 0.253 e. The summed E-state index contributed by atoms with van der Waals surface area (Å²) in [5.74, 6) is 0.109. The lowest BCUT2D eigenvalue weighted by Gasteiger charge is -2.23. The topological polar surface area (TPSA) is 129 Å². The molecule has 0 fully saturated rings. The molecule has 3 amide bonds. The fourth-order valence-corrected chi connectivity index (χ4v) is 12.6. The van der Waals surface area contributed by atoms with Crippen LogP contribution in [0.2, 0.25) is 0 Å². The van der Waals surface area contributed by atoms with Gasteiger partial charge in [0.2, 0.25) is 5.91 Å². The van der Waals surface area contributed by atoms with Crippen molar-refractivity contribution in [3.63, 3.8) is 0 Å². The first-order chi connectivity index (χ1) is 55.5. The van der Waals surface area contributed by atoms with Gasteiger partial charge in [-0.15, -0.1) is 0 Å². The molecule has 0 saturated heterocycles. The van der Waals surface area contributed by atoms with Crippen LogP contribution in [0.4, 0.5) is 13.2 Å². The van der Waals surface area contributed by atoms with E-state index in [-0.39, 0.29) is 79.6 Å². The number of hydrogen-bond acceptors (Lipinski definition) is 7. The third-order valence-electron chi connectivity index (χ3n) is 19.8. The van der Waals surface area contributed by atoms with Crippen molar-refractivity contribution in [3.8, 4) is 0 Å². The second kappa shape index (κ2) is 52.8. The monoisotopic (exact) mass is 1670 g/mol. The summed E-state index contributed by atoms with van der Waals surface area (Å²) in [6, 6.07) is 45.7. The van der Waals surface area contributed by atoms with Gasteiger partial charge in [-0.1, -0.05) is 253 Å². The molecule has 0 bridgehead atoms. The molecule has 121 heavy (non-hydrogen) atoms. The number of halogens is 3. The molecular formula is C108H160F3N3O7. The summed E-state index contributed by atoms with van der Waals surface area (Å²) in [7, 11) is 5.52. The van der Waals surface area contributed by atoms with E-state index in [0.717, 1.165) is 139 Å². The number of hydrogen-bond donors (Lipinski definition) is 0. The number of carbonyl (C=O) groups is 7. The molecule has 0 aliphatic heterocycles. The standard InChI is InChI=1S/C16H23FO.C16H25NO.C16H24O.C15H22FNO.C15H21FO.C15H23NO.C15H22O/c1-12-8-13(10-14(17)9-12)11-15(18)6-5-7-16(2,3)4;1-13-7-6-8-14(11-13)12-15(18)17(5)10-9-16(2,3)4;1-13-7-5-8-14(11-13)12-15(17)9-6-10-16(2,3)4;1-11-8-12(10-13(16)9-11)14(18)17(5)7-6-15(2,3)4;1-11-8-12(10-13(16)9-11)14(17)6-5-7-15(2,3)4;1-12-7-6-8-13(11-12)14(17)16(5)10-9-15(2,3)4;1-12-7-5-8-13(11-12)14(16)9-6-10-15(2,3)4/h8-10H,5-7,11H2,1-4H3;6-8,11H,9-10,12H2,1-5H3;5,7-8,11H,6,9-10,12H2,1-4H3;8-10H,6-7H2,1-5H3;8-10H,5-7H2,1-4H3;6-8,11H,9-10H2,1-5H3;5,7-8,11H,6,9-10H2,1-4H3. The molecule has 0 unspecified atom stereocenters. The van der Waals surface area contributed by atoms with Crippen molar-refractivity contribution in [2.75, 3.05) is 40.8 Å². The van der Waals surface area contributed by atoms with Crippen LogP contribution in [0.3, 0.4) is 0 Å². The van der Waals surface area contributed by atoms with Crippen LogP contribution in [-0.2, 0) is 33.6 Å². The molecule has 0 radical (unpaired) electrons. The summed E-state index contributed by atoms with van der Waals surface area (Å²) in [5.41, 5.74) is 14.6. The molecule has 0 spiro atoms. The molecule has 670 valence electrons. The van der Waals surface area contributed by atoms with Gasteiger partial charge in [-0.05, 0) is 257 Å². The predicted octanol–water partition coefficient (Wildman–Crippen LogP) is 28.3. The van der Waals surface area contributed by atoms with E-state index < -0.39 is 0 Å². The van der Waals surface area contributed by atoms with E-state index >= 15 is 0 Å². The van der Waals surface area contributed by atoms with Gasteiger partial charge in [-0.3, -0.25) is 33.6 Å². The van der Waals surface area contributed by atoms with Gasteiger partial charge >= 0.3 is 0 Å². The van der Waals surface area contributed by atoms with Crippen molar-refractivity contribution in [3.05, 3.63) is 247 Å². The predicted molar refractivity (Wildman–Crippen MR) is 505 cm³/mol. The fourth-order valence-electron chi connectivity index (χ4n) is 12.6. The van der Waals surface area contributed by atoms with Crippen molar-refractivity contribution in [1.29, 1.82) is 0 Å². The number of nitrogens with zero attached hydrogens (tertiary/aromatic N) is 3. The fraction of sp³-hybridized carbons (Fsp3) is 0.546. The van der Waals surface area contributed by atoms with Crippen LogP contribution in [0.5, 0.6) is 0 Å². The van der Waals surface area contributed by atoms with Crippen molar-refractivity contribution in [2.24, 2.45) is 37.9 Å². The molecule has 0 N–H and O–H groups in total. The Balaban J connectivity index is 0.000000706. The number of likely N-dealkylation sites (N-methyl/N-ethyl adjacent to an activating group) is 1. The lowest BCUT2D eigenvalue weighted by Crippen LogP contribution is -2.31. The molecule has 10 nitrogen and oxygen atoms in total. The Morgan fingerprint density at radius 2 is 0.537 bits per heavy atom. The molecule has 7 aromatic rings. The summed E-state index contributed by atoms with van der Waals surface area (Å²) in [6.07, 6.45) is 14.9. The van der Waals surface area contributed by atoms with E-state index in [2.05, 4.69) is 184 Å². The lowest BCUT2D eigenvalue weighted by molar-refractivity contribution is -0.129. The number of amides is 3. The second-order valence-electron chi connectivity index (χ2n) is 42.2. The van der Waals surface area contributed by atoms with Gasteiger partial charge in [-0.2, -0.15) is 0 Å². The van der Waals surface area contributed by atoms with Crippen LogP contribution in [0.15, 0.2) is 152 Å². The first-order valence-corrected chi connectivity index (χ1v) is 43.9. The van der Waals surface area contributed by atoms with E-state index in [9.17, 15) is 46.7 Å². The maximum atomic E-state index is 13.3. The van der Waals surface area contributed by atoms with Crippen LogP contribution < -0.4 is 0 Å². The summed E-state index contributed by atoms with van der Waals surface area (Å²) >= 11 is 0. The summed E-state index contributed by atoms with van der Waals surface area (Å²) in [6.45, 7) is 61.8. The smallest absolute Gasteiger partial charge is 0.253 e. The van der Waals surface area contributed by atoms with Crippen LogP contribution >= 0.6 is 0 Å². The van der Waals surface area contributed by atoms with E-state index in [1.807, 2.05) is 119 Å². The van der Waals surface area contributed by atoms with Crippen LogP contribution in [-0.4, -0.2) is 96.3 Å². The Kier molecular flexibility index (Phi) is 48.2. The molecule has 0 atom stereocenters. The molecule has 0 aliphatic carbocycles. The number of aryl methyl sites for hydroxylation is 7. The number of rotatable bonds is 28. The second-order valence-corrected chi connectivity index (χ2v) is 42.2. The SMILES string of the molecule is Cc1cc(F)cc(C(=O)CCCC(C)(C)C)c1.Cc1cc(F)cc(C(=O)N(C)CCC(C)(C)C)c1.Cc1cc(F)cc(CC(=O)CCCC(C)(C)C)c1.Cc1cccc(C(=O)CCCC(C)(C)C)c1.Cc1cccc(C(=O)N(C)CCC(C)(C)C)c1.Cc1cccc(CC(=O)CCCC(C)(C)C)c1.Cc1cccc(CC(=O)N(C)CCC(C)(C)C)c1. The van der Waals surface area contributed by atoms with E-state index in [1.165, 1.54) is 47.5 Å². The third kappa shape index (κ3) is 56.7. The molecule has 0 saturated carbocycles. The number of ketones is 4. The van der Waals surface area contributed by atoms with Gasteiger partial charge in [0.05, 0.1) is 6.42 Å². The number of benzene rings is 7. The number of carbonyl (C=O) groups excluding carboxylic acids is 7. The summed E-state index contributed by atoms with van der Waals surface area (Å²) in [4.78, 5) is 89.0. The highest BCUT2D eigenvalue weighted by Crippen LogP contribution is 2.28. The van der Waals surface area contributed by atoms with Crippen molar-refractivity contribution in [1.82, 2.24) is 14.7 Å². The van der Waals surface area contributed by atoms with Gasteiger partial charge in [0.15, 0.2) is 11.6 Å². The highest BCUT2D eigenvalue weighted by atomic mass is 19.1. The maximum absolute atomic E-state index is 13.3. The first-order valence-electron chi connectivity index (χ1n) is 43.9. The minimum Gasteiger partial charge on any atom is -0.345 e. The Hall–Kier alpha value is -8.58. The minimum atomic E-state index is -0.359. The average Bonchev–Trinajstić information content (AvgIpc) is 0.852.